The van der Waals surface area contributed by atoms with Crippen LogP contribution in [0.4, 0.5) is 5.69 Å². The molecule has 2 aromatic rings. The third-order valence-electron chi connectivity index (χ3n) is 3.29. The normalized spacial score (nSPS) is 11.2. The van der Waals surface area contributed by atoms with Gasteiger partial charge >= 0.3 is 5.97 Å². The molecule has 1 aromatic heterocycles. The average molecular weight is 276 g/mol. The number of nitrogens with zero attached hydrogens (tertiary/aromatic N) is 4. The number of carbonyl (C=O) groups is 1. The van der Waals surface area contributed by atoms with Crippen molar-refractivity contribution in [2.75, 3.05) is 18.0 Å². The van der Waals surface area contributed by atoms with Crippen LogP contribution < -0.4 is 4.90 Å². The highest BCUT2D eigenvalue weighted by atomic mass is 16.4. The van der Waals surface area contributed by atoms with Gasteiger partial charge in [-0.3, -0.25) is 4.79 Å². The summed E-state index contributed by atoms with van der Waals surface area (Å²) in [5, 5.41) is 17.1. The van der Waals surface area contributed by atoms with Crippen LogP contribution in [0.1, 0.15) is 33.2 Å². The van der Waals surface area contributed by atoms with Crippen molar-refractivity contribution >= 4 is 22.7 Å². The Morgan fingerprint density at radius 3 is 2.80 bits per heavy atom. The number of aliphatic carboxylic acids is 1. The number of carboxylic acids is 1. The molecule has 6 nitrogen and oxygen atoms in total. The van der Waals surface area contributed by atoms with Gasteiger partial charge in [0.1, 0.15) is 5.52 Å². The molecule has 108 valence electrons. The molecule has 0 aliphatic rings. The number of carboxylic acid groups (broad SMARTS) is 1. The molecule has 0 amide bonds. The molecular formula is C14H20N4O2. The number of aromatic nitrogens is 3. The Morgan fingerprint density at radius 2 is 2.20 bits per heavy atom. The minimum absolute atomic E-state index is 0.130. The van der Waals surface area contributed by atoms with E-state index in [1.165, 1.54) is 0 Å². The first-order valence-electron chi connectivity index (χ1n) is 6.84. The standard InChI is InChI=1S/C14H20N4O2/c1-4-17(8-7-14(19)20)11-5-6-13-12(9-11)15-16-18(13)10(2)3/h5-6,9-10H,4,7-8H2,1-3H3,(H,19,20). The zero-order chi connectivity index (χ0) is 14.7. The zero-order valence-electron chi connectivity index (χ0n) is 12.1. The molecule has 0 fully saturated rings. The van der Waals surface area contributed by atoms with Gasteiger partial charge in [-0.2, -0.15) is 0 Å². The van der Waals surface area contributed by atoms with Crippen LogP contribution in [0.2, 0.25) is 0 Å². The quantitative estimate of drug-likeness (QED) is 0.876. The van der Waals surface area contributed by atoms with Crippen LogP contribution >= 0.6 is 0 Å². The lowest BCUT2D eigenvalue weighted by atomic mass is 10.2. The van der Waals surface area contributed by atoms with Crippen LogP contribution in [0.25, 0.3) is 11.0 Å². The van der Waals surface area contributed by atoms with E-state index >= 15 is 0 Å². The second-order valence-corrected chi connectivity index (χ2v) is 5.02. The predicted molar refractivity (Wildman–Crippen MR) is 78.1 cm³/mol. The second-order valence-electron chi connectivity index (χ2n) is 5.02. The Kier molecular flexibility index (Phi) is 4.22. The van der Waals surface area contributed by atoms with Crippen LogP contribution in [0, 0.1) is 0 Å². The van der Waals surface area contributed by atoms with Crippen LogP contribution in [0.15, 0.2) is 18.2 Å². The van der Waals surface area contributed by atoms with E-state index in [9.17, 15) is 4.79 Å². The van der Waals surface area contributed by atoms with E-state index in [4.69, 9.17) is 5.11 Å². The number of rotatable bonds is 6. The van der Waals surface area contributed by atoms with Gasteiger partial charge in [-0.05, 0) is 39.0 Å². The molecule has 0 bridgehead atoms. The highest BCUT2D eigenvalue weighted by Gasteiger charge is 2.11. The van der Waals surface area contributed by atoms with Crippen molar-refractivity contribution in [3.05, 3.63) is 18.2 Å². The summed E-state index contributed by atoms with van der Waals surface area (Å²) in [7, 11) is 0. The number of benzene rings is 1. The second kappa shape index (κ2) is 5.90. The summed E-state index contributed by atoms with van der Waals surface area (Å²) in [6, 6.07) is 6.22. The third kappa shape index (κ3) is 2.89. The van der Waals surface area contributed by atoms with Gasteiger partial charge in [0.25, 0.3) is 0 Å². The number of anilines is 1. The maximum atomic E-state index is 10.7. The van der Waals surface area contributed by atoms with E-state index in [0.717, 1.165) is 23.3 Å². The topological polar surface area (TPSA) is 71.2 Å². The smallest absolute Gasteiger partial charge is 0.305 e. The van der Waals surface area contributed by atoms with Crippen molar-refractivity contribution in [1.82, 2.24) is 15.0 Å². The summed E-state index contributed by atoms with van der Waals surface area (Å²) in [6.45, 7) is 7.39. The molecule has 0 aliphatic carbocycles. The van der Waals surface area contributed by atoms with Crippen LogP contribution in [-0.2, 0) is 4.79 Å². The average Bonchev–Trinajstić information content (AvgIpc) is 2.82. The molecule has 0 atom stereocenters. The molecule has 0 spiro atoms. The Balaban J connectivity index is 2.28. The molecule has 0 radical (unpaired) electrons. The predicted octanol–water partition coefficient (Wildman–Crippen LogP) is 2.31. The van der Waals surface area contributed by atoms with Gasteiger partial charge in [-0.25, -0.2) is 4.68 Å². The van der Waals surface area contributed by atoms with E-state index in [0.29, 0.717) is 6.54 Å². The van der Waals surface area contributed by atoms with E-state index < -0.39 is 5.97 Å². The van der Waals surface area contributed by atoms with Gasteiger partial charge in [-0.1, -0.05) is 5.21 Å². The molecule has 1 N–H and O–H groups in total. The molecule has 1 heterocycles. The Morgan fingerprint density at radius 1 is 1.45 bits per heavy atom. The highest BCUT2D eigenvalue weighted by Crippen LogP contribution is 2.22. The lowest BCUT2D eigenvalue weighted by Gasteiger charge is -2.22. The van der Waals surface area contributed by atoms with Gasteiger partial charge in [0.05, 0.1) is 11.9 Å². The van der Waals surface area contributed by atoms with Crippen molar-refractivity contribution in [3.8, 4) is 0 Å². The van der Waals surface area contributed by atoms with Crippen molar-refractivity contribution in [3.63, 3.8) is 0 Å². The molecule has 6 heteroatoms. The fourth-order valence-electron chi connectivity index (χ4n) is 2.21. The summed E-state index contributed by atoms with van der Waals surface area (Å²) >= 11 is 0. The minimum Gasteiger partial charge on any atom is -0.481 e. The van der Waals surface area contributed by atoms with Gasteiger partial charge in [0, 0.05) is 24.8 Å². The fourth-order valence-corrected chi connectivity index (χ4v) is 2.21. The fraction of sp³-hybridized carbons (Fsp3) is 0.500. The van der Waals surface area contributed by atoms with Crippen molar-refractivity contribution < 1.29 is 9.90 Å². The number of hydrogen-bond donors (Lipinski definition) is 1. The van der Waals surface area contributed by atoms with Crippen molar-refractivity contribution in [2.24, 2.45) is 0 Å². The van der Waals surface area contributed by atoms with E-state index in [1.54, 1.807) is 0 Å². The maximum absolute atomic E-state index is 10.7. The molecular weight excluding hydrogens is 256 g/mol. The van der Waals surface area contributed by atoms with Crippen LogP contribution in [-0.4, -0.2) is 39.2 Å². The molecule has 20 heavy (non-hydrogen) atoms. The molecule has 0 unspecified atom stereocenters. The van der Waals surface area contributed by atoms with Gasteiger partial charge in [-0.15, -0.1) is 5.10 Å². The van der Waals surface area contributed by atoms with Crippen molar-refractivity contribution in [2.45, 2.75) is 33.2 Å². The lowest BCUT2D eigenvalue weighted by Crippen LogP contribution is -2.25. The first-order valence-corrected chi connectivity index (χ1v) is 6.84. The monoisotopic (exact) mass is 276 g/mol. The SMILES string of the molecule is CCN(CCC(=O)O)c1ccc2c(c1)nnn2C(C)C. The molecule has 1 aromatic carbocycles. The summed E-state index contributed by atoms with van der Waals surface area (Å²) in [4.78, 5) is 12.7. The summed E-state index contributed by atoms with van der Waals surface area (Å²) in [6.07, 6.45) is 0.130. The van der Waals surface area contributed by atoms with Gasteiger partial charge < -0.3 is 10.0 Å². The van der Waals surface area contributed by atoms with E-state index in [-0.39, 0.29) is 12.5 Å². The first-order chi connectivity index (χ1) is 9.52. The van der Waals surface area contributed by atoms with E-state index in [2.05, 4.69) is 24.2 Å². The molecule has 0 aliphatic heterocycles. The lowest BCUT2D eigenvalue weighted by molar-refractivity contribution is -0.136. The van der Waals surface area contributed by atoms with Gasteiger partial charge in [0.2, 0.25) is 0 Å². The van der Waals surface area contributed by atoms with Crippen LogP contribution in [0.3, 0.4) is 0 Å². The number of fused-ring (bicyclic) bond motifs is 1. The largest absolute Gasteiger partial charge is 0.481 e. The molecule has 0 saturated heterocycles. The van der Waals surface area contributed by atoms with Gasteiger partial charge in [0.15, 0.2) is 0 Å². The Bertz CT molecular complexity index is 606. The van der Waals surface area contributed by atoms with E-state index in [1.807, 2.05) is 34.7 Å². The molecule has 0 saturated carbocycles. The number of hydrogen-bond acceptors (Lipinski definition) is 4. The zero-order valence-corrected chi connectivity index (χ0v) is 12.1. The Labute approximate surface area is 118 Å². The molecule has 2 rings (SSSR count). The van der Waals surface area contributed by atoms with Crippen LogP contribution in [0.5, 0.6) is 0 Å². The summed E-state index contributed by atoms with van der Waals surface area (Å²) in [5.41, 5.74) is 2.82. The Hall–Kier alpha value is -2.11. The first kappa shape index (κ1) is 14.3. The van der Waals surface area contributed by atoms with Crippen molar-refractivity contribution in [1.29, 1.82) is 0 Å². The highest BCUT2D eigenvalue weighted by molar-refractivity contribution is 5.79. The maximum Gasteiger partial charge on any atom is 0.305 e. The third-order valence-corrected chi connectivity index (χ3v) is 3.29. The summed E-state index contributed by atoms with van der Waals surface area (Å²) < 4.78 is 1.88. The summed E-state index contributed by atoms with van der Waals surface area (Å²) in [5.74, 6) is -0.782. The minimum atomic E-state index is -0.782.